The Morgan fingerprint density at radius 2 is 2.17 bits per heavy atom. The molecule has 0 bridgehead atoms. The van der Waals surface area contributed by atoms with Crippen molar-refractivity contribution in [1.82, 2.24) is 0 Å². The van der Waals surface area contributed by atoms with E-state index in [1.807, 2.05) is 0 Å². The third kappa shape index (κ3) is 2.03. The van der Waals surface area contributed by atoms with E-state index in [4.69, 9.17) is 9.47 Å². The highest BCUT2D eigenvalue weighted by atomic mass is 16.7. The summed E-state index contributed by atoms with van der Waals surface area (Å²) in [6.07, 6.45) is -1.58. The average Bonchev–Trinajstić information content (AvgIpc) is 1.94. The molecule has 0 radical (unpaired) electrons. The van der Waals surface area contributed by atoms with E-state index in [0.717, 1.165) is 0 Å². The molecule has 1 heterocycles. The van der Waals surface area contributed by atoms with Crippen LogP contribution in [-0.2, 0) is 14.3 Å². The molecule has 1 N–H and O–H groups in total. The van der Waals surface area contributed by atoms with Crippen molar-refractivity contribution in [3.05, 3.63) is 0 Å². The van der Waals surface area contributed by atoms with Gasteiger partial charge >= 0.3 is 0 Å². The standard InChI is InChI=1S/C8H14O4/c1-5(9)7-6(10)4-11-8(2,3)12-7/h6-7,10H,4H2,1-3H3. The molecule has 70 valence electrons. The first-order chi connectivity index (χ1) is 5.42. The second kappa shape index (κ2) is 3.12. The van der Waals surface area contributed by atoms with Crippen LogP contribution in [0.25, 0.3) is 0 Å². The molecule has 0 aliphatic carbocycles. The second-order valence-electron chi connectivity index (χ2n) is 3.43. The maximum atomic E-state index is 11.0. The highest BCUT2D eigenvalue weighted by molar-refractivity contribution is 5.81. The van der Waals surface area contributed by atoms with Gasteiger partial charge in [0.15, 0.2) is 11.6 Å². The number of hydrogen-bond donors (Lipinski definition) is 1. The molecule has 0 aromatic rings. The monoisotopic (exact) mass is 174 g/mol. The summed E-state index contributed by atoms with van der Waals surface area (Å²) in [5.41, 5.74) is 0. The summed E-state index contributed by atoms with van der Waals surface area (Å²) >= 11 is 0. The van der Waals surface area contributed by atoms with Gasteiger partial charge in [-0.15, -0.1) is 0 Å². The van der Waals surface area contributed by atoms with E-state index in [1.165, 1.54) is 6.92 Å². The van der Waals surface area contributed by atoms with Crippen molar-refractivity contribution in [2.24, 2.45) is 0 Å². The lowest BCUT2D eigenvalue weighted by molar-refractivity contribution is -0.295. The van der Waals surface area contributed by atoms with Crippen LogP contribution in [0.3, 0.4) is 0 Å². The van der Waals surface area contributed by atoms with Crippen molar-refractivity contribution >= 4 is 5.78 Å². The predicted molar refractivity (Wildman–Crippen MR) is 41.6 cm³/mol. The summed E-state index contributed by atoms with van der Waals surface area (Å²) in [6.45, 7) is 4.98. The number of aliphatic hydroxyl groups is 1. The predicted octanol–water partition coefficient (Wildman–Crippen LogP) is 0.0878. The van der Waals surface area contributed by atoms with Crippen molar-refractivity contribution in [2.75, 3.05) is 6.61 Å². The molecule has 4 heteroatoms. The normalized spacial score (nSPS) is 34.7. The van der Waals surface area contributed by atoms with Crippen LogP contribution >= 0.6 is 0 Å². The topological polar surface area (TPSA) is 55.8 Å². The zero-order valence-electron chi connectivity index (χ0n) is 7.53. The first-order valence-electron chi connectivity index (χ1n) is 3.93. The van der Waals surface area contributed by atoms with E-state index >= 15 is 0 Å². The van der Waals surface area contributed by atoms with Crippen LogP contribution in [-0.4, -0.2) is 35.5 Å². The minimum Gasteiger partial charge on any atom is -0.388 e. The summed E-state index contributed by atoms with van der Waals surface area (Å²) in [6, 6.07) is 0. The first-order valence-corrected chi connectivity index (χ1v) is 3.93. The van der Waals surface area contributed by atoms with Crippen LogP contribution < -0.4 is 0 Å². The molecular formula is C8H14O4. The van der Waals surface area contributed by atoms with Crippen LogP contribution in [0.5, 0.6) is 0 Å². The molecule has 0 spiro atoms. The van der Waals surface area contributed by atoms with Gasteiger partial charge in [0.1, 0.15) is 12.2 Å². The van der Waals surface area contributed by atoms with E-state index in [9.17, 15) is 9.90 Å². The Morgan fingerprint density at radius 1 is 1.58 bits per heavy atom. The molecule has 4 nitrogen and oxygen atoms in total. The van der Waals surface area contributed by atoms with Crippen molar-refractivity contribution in [3.8, 4) is 0 Å². The van der Waals surface area contributed by atoms with Gasteiger partial charge in [0.05, 0.1) is 6.61 Å². The number of Topliss-reactive ketones (excluding diaryl/α,β-unsaturated/α-hetero) is 1. The molecule has 1 aliphatic heterocycles. The van der Waals surface area contributed by atoms with E-state index in [-0.39, 0.29) is 12.4 Å². The van der Waals surface area contributed by atoms with Crippen LogP contribution in [0.2, 0.25) is 0 Å². The molecule has 1 rings (SSSR count). The highest BCUT2D eigenvalue weighted by Crippen LogP contribution is 2.22. The summed E-state index contributed by atoms with van der Waals surface area (Å²) in [5, 5.41) is 9.30. The lowest BCUT2D eigenvalue weighted by atomic mass is 10.1. The van der Waals surface area contributed by atoms with Crippen molar-refractivity contribution in [1.29, 1.82) is 0 Å². The maximum absolute atomic E-state index is 11.0. The molecule has 1 fully saturated rings. The van der Waals surface area contributed by atoms with E-state index in [1.54, 1.807) is 13.8 Å². The lowest BCUT2D eigenvalue weighted by Gasteiger charge is -2.37. The Morgan fingerprint density at radius 3 is 2.58 bits per heavy atom. The highest BCUT2D eigenvalue weighted by Gasteiger charge is 2.37. The Kier molecular flexibility index (Phi) is 2.51. The Labute approximate surface area is 71.5 Å². The molecule has 2 atom stereocenters. The average molecular weight is 174 g/mol. The summed E-state index contributed by atoms with van der Waals surface area (Å²) in [5.74, 6) is -0.936. The molecule has 1 saturated heterocycles. The Hall–Kier alpha value is -0.450. The van der Waals surface area contributed by atoms with Gasteiger partial charge in [-0.05, 0) is 20.8 Å². The SMILES string of the molecule is CC(=O)C1OC(C)(C)OCC1O. The fourth-order valence-electron chi connectivity index (χ4n) is 1.15. The van der Waals surface area contributed by atoms with Gasteiger partial charge in [0.2, 0.25) is 0 Å². The number of aliphatic hydroxyl groups excluding tert-OH is 1. The van der Waals surface area contributed by atoms with Gasteiger partial charge in [0.25, 0.3) is 0 Å². The molecule has 0 saturated carbocycles. The molecule has 0 aromatic carbocycles. The third-order valence-electron chi connectivity index (χ3n) is 1.76. The number of ketones is 1. The van der Waals surface area contributed by atoms with Crippen LogP contribution in [0.15, 0.2) is 0 Å². The number of carbonyl (C=O) groups excluding carboxylic acids is 1. The van der Waals surface area contributed by atoms with Crippen molar-refractivity contribution in [2.45, 2.75) is 38.8 Å². The largest absolute Gasteiger partial charge is 0.388 e. The van der Waals surface area contributed by atoms with Crippen LogP contribution in [0, 0.1) is 0 Å². The first kappa shape index (κ1) is 9.64. The van der Waals surface area contributed by atoms with Gasteiger partial charge in [-0.2, -0.15) is 0 Å². The van der Waals surface area contributed by atoms with E-state index in [2.05, 4.69) is 0 Å². The molecular weight excluding hydrogens is 160 g/mol. The van der Waals surface area contributed by atoms with Gasteiger partial charge in [-0.1, -0.05) is 0 Å². The van der Waals surface area contributed by atoms with Gasteiger partial charge in [-0.25, -0.2) is 0 Å². The summed E-state index contributed by atoms with van der Waals surface area (Å²) in [4.78, 5) is 11.0. The summed E-state index contributed by atoms with van der Waals surface area (Å²) in [7, 11) is 0. The molecule has 0 aromatic heterocycles. The number of ether oxygens (including phenoxy) is 2. The third-order valence-corrected chi connectivity index (χ3v) is 1.76. The smallest absolute Gasteiger partial charge is 0.163 e. The zero-order valence-corrected chi connectivity index (χ0v) is 7.53. The summed E-state index contributed by atoms with van der Waals surface area (Å²) < 4.78 is 10.4. The molecule has 12 heavy (non-hydrogen) atoms. The molecule has 0 amide bonds. The minimum absolute atomic E-state index is 0.150. The molecule has 1 aliphatic rings. The maximum Gasteiger partial charge on any atom is 0.163 e. The fraction of sp³-hybridized carbons (Fsp3) is 0.875. The number of carbonyl (C=O) groups is 1. The van der Waals surface area contributed by atoms with Crippen molar-refractivity contribution < 1.29 is 19.4 Å². The van der Waals surface area contributed by atoms with Gasteiger partial charge < -0.3 is 14.6 Å². The Bertz CT molecular complexity index is 187. The zero-order chi connectivity index (χ0) is 9.35. The minimum atomic E-state index is -0.837. The quantitative estimate of drug-likeness (QED) is 0.612. The lowest BCUT2D eigenvalue weighted by Crippen LogP contribution is -2.51. The van der Waals surface area contributed by atoms with Crippen molar-refractivity contribution in [3.63, 3.8) is 0 Å². The molecule has 2 unspecified atom stereocenters. The number of hydrogen-bond acceptors (Lipinski definition) is 4. The van der Waals surface area contributed by atoms with Gasteiger partial charge in [0, 0.05) is 0 Å². The number of rotatable bonds is 1. The van der Waals surface area contributed by atoms with E-state index < -0.39 is 18.0 Å². The van der Waals surface area contributed by atoms with Gasteiger partial charge in [-0.3, -0.25) is 4.79 Å². The van der Waals surface area contributed by atoms with E-state index in [0.29, 0.717) is 0 Å². The van der Waals surface area contributed by atoms with Crippen LogP contribution in [0.1, 0.15) is 20.8 Å². The van der Waals surface area contributed by atoms with Crippen LogP contribution in [0.4, 0.5) is 0 Å². The second-order valence-corrected chi connectivity index (χ2v) is 3.43. The fourth-order valence-corrected chi connectivity index (χ4v) is 1.15. The Balaban J connectivity index is 2.66.